The Labute approximate surface area is 123 Å². The van der Waals surface area contributed by atoms with Crippen molar-refractivity contribution < 1.29 is 4.79 Å². The number of rotatable bonds is 6. The number of nitrogens with zero attached hydrogens (tertiary/aromatic N) is 3. The summed E-state index contributed by atoms with van der Waals surface area (Å²) in [6, 6.07) is 2.37. The van der Waals surface area contributed by atoms with E-state index in [9.17, 15) is 4.79 Å². The summed E-state index contributed by atoms with van der Waals surface area (Å²) in [7, 11) is 1.86. The number of alkyl halides is 1. The standard InChI is InChI=1S/C14H22BrN3O/c1-3-11-10-13(17(2)16-11)14(19)18(9-5-8-15)12-6-4-7-12/h10,12H,3-9H2,1-2H3. The Hall–Kier alpha value is -0.840. The molecule has 19 heavy (non-hydrogen) atoms. The zero-order chi connectivity index (χ0) is 13.8. The molecular formula is C14H22BrN3O. The number of aromatic nitrogens is 2. The lowest BCUT2D eigenvalue weighted by molar-refractivity contribution is 0.0570. The SMILES string of the molecule is CCc1cc(C(=O)N(CCCBr)C2CCC2)n(C)n1. The minimum absolute atomic E-state index is 0.139. The van der Waals surface area contributed by atoms with E-state index in [2.05, 4.69) is 28.0 Å². The quantitative estimate of drug-likeness (QED) is 0.753. The van der Waals surface area contributed by atoms with Gasteiger partial charge >= 0.3 is 0 Å². The molecule has 0 N–H and O–H groups in total. The van der Waals surface area contributed by atoms with Crippen molar-refractivity contribution in [2.75, 3.05) is 11.9 Å². The van der Waals surface area contributed by atoms with E-state index >= 15 is 0 Å². The molecule has 0 bridgehead atoms. The summed E-state index contributed by atoms with van der Waals surface area (Å²) < 4.78 is 1.72. The van der Waals surface area contributed by atoms with Gasteiger partial charge in [-0.1, -0.05) is 22.9 Å². The number of aryl methyl sites for hydroxylation is 2. The van der Waals surface area contributed by atoms with Crippen LogP contribution in [0.1, 0.15) is 48.8 Å². The van der Waals surface area contributed by atoms with Crippen molar-refractivity contribution in [2.45, 2.75) is 45.1 Å². The van der Waals surface area contributed by atoms with Crippen LogP contribution in [0.25, 0.3) is 0 Å². The first-order valence-electron chi connectivity index (χ1n) is 7.07. The molecule has 0 unspecified atom stereocenters. The maximum atomic E-state index is 12.7. The van der Waals surface area contributed by atoms with Gasteiger partial charge in [-0.2, -0.15) is 5.10 Å². The number of hydrogen-bond donors (Lipinski definition) is 0. The van der Waals surface area contributed by atoms with Gasteiger partial charge in [0.15, 0.2) is 0 Å². The van der Waals surface area contributed by atoms with Crippen LogP contribution in [0.15, 0.2) is 6.07 Å². The highest BCUT2D eigenvalue weighted by molar-refractivity contribution is 9.09. The summed E-state index contributed by atoms with van der Waals surface area (Å²) in [6.07, 6.45) is 5.40. The monoisotopic (exact) mass is 327 g/mol. The third-order valence-electron chi connectivity index (χ3n) is 3.82. The lowest BCUT2D eigenvalue weighted by Gasteiger charge is -2.37. The van der Waals surface area contributed by atoms with Gasteiger partial charge in [-0.25, -0.2) is 0 Å². The van der Waals surface area contributed by atoms with Crippen LogP contribution in [-0.2, 0) is 13.5 Å². The summed E-state index contributed by atoms with van der Waals surface area (Å²) in [6.45, 7) is 2.90. The van der Waals surface area contributed by atoms with E-state index in [1.165, 1.54) is 6.42 Å². The summed E-state index contributed by atoms with van der Waals surface area (Å²) in [4.78, 5) is 14.7. The summed E-state index contributed by atoms with van der Waals surface area (Å²) in [5, 5.41) is 5.32. The molecule has 1 amide bonds. The number of hydrogen-bond acceptors (Lipinski definition) is 2. The van der Waals surface area contributed by atoms with Crippen LogP contribution in [0.5, 0.6) is 0 Å². The van der Waals surface area contributed by atoms with E-state index in [-0.39, 0.29) is 5.91 Å². The number of carbonyl (C=O) groups excluding carboxylic acids is 1. The van der Waals surface area contributed by atoms with Crippen molar-refractivity contribution in [1.82, 2.24) is 14.7 Å². The molecule has 5 heteroatoms. The molecule has 0 radical (unpaired) electrons. The van der Waals surface area contributed by atoms with Crippen molar-refractivity contribution in [3.8, 4) is 0 Å². The van der Waals surface area contributed by atoms with Gasteiger partial charge in [-0.05, 0) is 38.2 Å². The predicted molar refractivity (Wildman–Crippen MR) is 79.7 cm³/mol. The molecule has 2 rings (SSSR count). The fourth-order valence-corrected chi connectivity index (χ4v) is 2.68. The second kappa shape index (κ2) is 6.55. The largest absolute Gasteiger partial charge is 0.334 e. The van der Waals surface area contributed by atoms with E-state index < -0.39 is 0 Å². The Morgan fingerprint density at radius 1 is 1.58 bits per heavy atom. The highest BCUT2D eigenvalue weighted by Gasteiger charge is 2.30. The number of halogens is 1. The zero-order valence-electron chi connectivity index (χ0n) is 11.7. The van der Waals surface area contributed by atoms with Crippen LogP contribution in [-0.4, -0.2) is 38.5 Å². The second-order valence-corrected chi connectivity index (χ2v) is 5.92. The van der Waals surface area contributed by atoms with E-state index in [0.717, 1.165) is 48.9 Å². The number of carbonyl (C=O) groups is 1. The van der Waals surface area contributed by atoms with E-state index in [1.54, 1.807) is 4.68 Å². The van der Waals surface area contributed by atoms with Crippen LogP contribution in [0.2, 0.25) is 0 Å². The summed E-state index contributed by atoms with van der Waals surface area (Å²) in [5.41, 5.74) is 1.71. The maximum absolute atomic E-state index is 12.7. The van der Waals surface area contributed by atoms with Gasteiger partial charge in [-0.3, -0.25) is 9.48 Å². The van der Waals surface area contributed by atoms with Gasteiger partial charge in [0.2, 0.25) is 0 Å². The molecule has 1 aliphatic rings. The minimum Gasteiger partial charge on any atom is -0.334 e. The Balaban J connectivity index is 2.14. The highest BCUT2D eigenvalue weighted by Crippen LogP contribution is 2.26. The molecule has 106 valence electrons. The minimum atomic E-state index is 0.139. The predicted octanol–water partition coefficient (Wildman–Crippen LogP) is 2.76. The van der Waals surface area contributed by atoms with E-state index in [4.69, 9.17) is 0 Å². The van der Waals surface area contributed by atoms with Crippen molar-refractivity contribution in [3.05, 3.63) is 17.5 Å². The molecule has 0 aromatic carbocycles. The molecule has 0 aliphatic heterocycles. The topological polar surface area (TPSA) is 38.1 Å². The smallest absolute Gasteiger partial charge is 0.272 e. The zero-order valence-corrected chi connectivity index (χ0v) is 13.3. The first-order valence-corrected chi connectivity index (χ1v) is 8.19. The molecular weight excluding hydrogens is 306 g/mol. The molecule has 1 aromatic rings. The first-order chi connectivity index (χ1) is 9.17. The third-order valence-corrected chi connectivity index (χ3v) is 4.38. The molecule has 1 aliphatic carbocycles. The normalized spacial score (nSPS) is 15.3. The molecule has 0 saturated heterocycles. The van der Waals surface area contributed by atoms with Crippen molar-refractivity contribution in [2.24, 2.45) is 7.05 Å². The molecule has 0 spiro atoms. The summed E-state index contributed by atoms with van der Waals surface area (Å²) in [5.74, 6) is 0.139. The second-order valence-electron chi connectivity index (χ2n) is 5.12. The van der Waals surface area contributed by atoms with Gasteiger partial charge in [0.05, 0.1) is 5.69 Å². The average Bonchev–Trinajstić information content (AvgIpc) is 2.72. The highest BCUT2D eigenvalue weighted by atomic mass is 79.9. The fourth-order valence-electron chi connectivity index (χ4n) is 2.43. The molecule has 1 saturated carbocycles. The van der Waals surface area contributed by atoms with Crippen LogP contribution >= 0.6 is 15.9 Å². The molecule has 1 fully saturated rings. The average molecular weight is 328 g/mol. The molecule has 0 atom stereocenters. The van der Waals surface area contributed by atoms with Crippen molar-refractivity contribution in [3.63, 3.8) is 0 Å². The molecule has 1 aromatic heterocycles. The Morgan fingerprint density at radius 2 is 2.32 bits per heavy atom. The van der Waals surface area contributed by atoms with Crippen LogP contribution < -0.4 is 0 Å². The number of amides is 1. The van der Waals surface area contributed by atoms with Crippen LogP contribution in [0.4, 0.5) is 0 Å². The van der Waals surface area contributed by atoms with Crippen molar-refractivity contribution in [1.29, 1.82) is 0 Å². The molecule has 1 heterocycles. The molecule has 4 nitrogen and oxygen atoms in total. The summed E-state index contributed by atoms with van der Waals surface area (Å²) >= 11 is 3.45. The van der Waals surface area contributed by atoms with Gasteiger partial charge in [0.25, 0.3) is 5.91 Å². The van der Waals surface area contributed by atoms with E-state index in [0.29, 0.717) is 6.04 Å². The first kappa shape index (κ1) is 14.6. The van der Waals surface area contributed by atoms with Crippen molar-refractivity contribution >= 4 is 21.8 Å². The Morgan fingerprint density at radius 3 is 2.79 bits per heavy atom. The van der Waals surface area contributed by atoms with Gasteiger partial charge in [0.1, 0.15) is 5.69 Å². The van der Waals surface area contributed by atoms with Gasteiger partial charge in [0, 0.05) is 25.0 Å². The van der Waals surface area contributed by atoms with E-state index in [1.807, 2.05) is 18.0 Å². The van der Waals surface area contributed by atoms with Gasteiger partial charge < -0.3 is 4.90 Å². The maximum Gasteiger partial charge on any atom is 0.272 e. The third kappa shape index (κ3) is 3.19. The fraction of sp³-hybridized carbons (Fsp3) is 0.714. The lowest BCUT2D eigenvalue weighted by Crippen LogP contribution is -2.45. The Kier molecular flexibility index (Phi) is 5.02. The van der Waals surface area contributed by atoms with Crippen LogP contribution in [0.3, 0.4) is 0 Å². The van der Waals surface area contributed by atoms with Gasteiger partial charge in [-0.15, -0.1) is 0 Å². The lowest BCUT2D eigenvalue weighted by atomic mass is 9.91. The Bertz CT molecular complexity index is 440. The van der Waals surface area contributed by atoms with Crippen LogP contribution in [0, 0.1) is 0 Å².